The molecule has 2 heterocycles. The molecule has 0 spiro atoms. The fraction of sp³-hybridized carbons (Fsp3) is 0.435. The normalized spacial score (nSPS) is 26.8. The van der Waals surface area contributed by atoms with E-state index in [1.165, 1.54) is 4.90 Å². The Labute approximate surface area is 196 Å². The van der Waals surface area contributed by atoms with Gasteiger partial charge in [0.05, 0.1) is 16.1 Å². The number of benzene rings is 1. The van der Waals surface area contributed by atoms with Crippen molar-refractivity contribution >= 4 is 23.4 Å². The summed E-state index contributed by atoms with van der Waals surface area (Å²) < 4.78 is 69.1. The number of alkyl halides is 3. The molecule has 1 aromatic carbocycles. The SMILES string of the molecule is NC(=O)C1CC2CC2([C@@H](c2cc(F)c(Cl)cc2F)C2CC2)N1C(=O)c1cc(C(F)(F)F)ccn1. The van der Waals surface area contributed by atoms with Gasteiger partial charge in [0.2, 0.25) is 5.91 Å². The van der Waals surface area contributed by atoms with E-state index in [2.05, 4.69) is 4.98 Å². The summed E-state index contributed by atoms with van der Waals surface area (Å²) in [7, 11) is 0. The number of carbonyl (C=O) groups is 2. The van der Waals surface area contributed by atoms with E-state index >= 15 is 4.39 Å². The van der Waals surface area contributed by atoms with Crippen LogP contribution in [-0.2, 0) is 11.0 Å². The van der Waals surface area contributed by atoms with Gasteiger partial charge in [-0.2, -0.15) is 13.2 Å². The molecule has 5 nitrogen and oxygen atoms in total. The highest BCUT2D eigenvalue weighted by atomic mass is 35.5. The van der Waals surface area contributed by atoms with Gasteiger partial charge in [0, 0.05) is 12.1 Å². The molecule has 1 aromatic heterocycles. The average molecular weight is 500 g/mol. The Morgan fingerprint density at radius 3 is 2.50 bits per heavy atom. The van der Waals surface area contributed by atoms with Crippen LogP contribution in [0.15, 0.2) is 30.5 Å². The summed E-state index contributed by atoms with van der Waals surface area (Å²) in [5.74, 6) is -4.25. The lowest BCUT2D eigenvalue weighted by Crippen LogP contribution is -2.53. The first kappa shape index (κ1) is 23.0. The molecule has 5 rings (SSSR count). The molecule has 2 aromatic rings. The van der Waals surface area contributed by atoms with Crippen LogP contribution in [0.25, 0.3) is 0 Å². The van der Waals surface area contributed by atoms with Crippen LogP contribution in [0.3, 0.4) is 0 Å². The molecule has 3 unspecified atom stereocenters. The van der Waals surface area contributed by atoms with E-state index in [1.54, 1.807) is 0 Å². The highest BCUT2D eigenvalue weighted by Gasteiger charge is 2.73. The fourth-order valence-corrected chi connectivity index (χ4v) is 5.82. The molecule has 2 N–H and O–H groups in total. The van der Waals surface area contributed by atoms with Gasteiger partial charge in [-0.3, -0.25) is 14.6 Å². The van der Waals surface area contributed by atoms with E-state index in [9.17, 15) is 27.2 Å². The van der Waals surface area contributed by atoms with E-state index in [-0.39, 0.29) is 28.8 Å². The Kier molecular flexibility index (Phi) is 5.16. The second-order valence-electron chi connectivity index (χ2n) is 9.25. The first-order valence-electron chi connectivity index (χ1n) is 10.8. The van der Waals surface area contributed by atoms with Gasteiger partial charge in [0.15, 0.2) is 0 Å². The number of aromatic nitrogens is 1. The maximum atomic E-state index is 15.0. The Hall–Kier alpha value is -2.75. The number of fused-ring (bicyclic) bond motifs is 1. The zero-order valence-corrected chi connectivity index (χ0v) is 18.3. The van der Waals surface area contributed by atoms with Gasteiger partial charge in [-0.15, -0.1) is 0 Å². The van der Waals surface area contributed by atoms with Crippen molar-refractivity contribution in [2.45, 2.75) is 49.4 Å². The highest BCUT2D eigenvalue weighted by Crippen LogP contribution is 2.69. The molecule has 2 amide bonds. The van der Waals surface area contributed by atoms with Gasteiger partial charge in [0.25, 0.3) is 5.91 Å². The van der Waals surface area contributed by atoms with E-state index in [0.717, 1.165) is 24.4 Å². The lowest BCUT2D eigenvalue weighted by molar-refractivity contribution is -0.137. The number of halogens is 6. The lowest BCUT2D eigenvalue weighted by Gasteiger charge is -2.38. The van der Waals surface area contributed by atoms with Gasteiger partial charge in [-0.1, -0.05) is 11.6 Å². The van der Waals surface area contributed by atoms with Crippen LogP contribution in [0.4, 0.5) is 22.0 Å². The zero-order chi connectivity index (χ0) is 24.6. The Balaban J connectivity index is 1.61. The van der Waals surface area contributed by atoms with E-state index < -0.39 is 58.4 Å². The van der Waals surface area contributed by atoms with Gasteiger partial charge in [0.1, 0.15) is 23.4 Å². The third-order valence-electron chi connectivity index (χ3n) is 7.25. The number of nitrogens with zero attached hydrogens (tertiary/aromatic N) is 2. The minimum absolute atomic E-state index is 0.0341. The molecule has 2 aliphatic carbocycles. The van der Waals surface area contributed by atoms with Gasteiger partial charge >= 0.3 is 6.18 Å². The molecular formula is C23H19ClF5N3O2. The Morgan fingerprint density at radius 1 is 1.18 bits per heavy atom. The van der Waals surface area contributed by atoms with Gasteiger partial charge < -0.3 is 10.6 Å². The van der Waals surface area contributed by atoms with Crippen molar-refractivity contribution in [3.8, 4) is 0 Å². The summed E-state index contributed by atoms with van der Waals surface area (Å²) in [5, 5.41) is -0.386. The van der Waals surface area contributed by atoms with Crippen LogP contribution in [0, 0.1) is 23.5 Å². The van der Waals surface area contributed by atoms with Crippen molar-refractivity contribution in [3.05, 3.63) is 63.9 Å². The fourth-order valence-electron chi connectivity index (χ4n) is 5.67. The molecule has 3 fully saturated rings. The summed E-state index contributed by atoms with van der Waals surface area (Å²) in [6, 6.07) is 2.15. The van der Waals surface area contributed by atoms with Crippen molar-refractivity contribution in [1.29, 1.82) is 0 Å². The standard InChI is InChI=1S/C23H19ClF5N3O2/c24-14-8-15(25)13(7-16(14)26)19(10-1-2-10)22-9-12(22)6-18(20(30)33)32(22)21(34)17-5-11(3-4-31-17)23(27,28)29/h3-5,7-8,10,12,18-19H,1-2,6,9H2,(H2,30,33)/t12?,18?,19-,22?/m1/s1. The lowest BCUT2D eigenvalue weighted by atomic mass is 9.82. The van der Waals surface area contributed by atoms with E-state index in [0.29, 0.717) is 25.3 Å². The average Bonchev–Trinajstić information content (AvgIpc) is 3.69. The third kappa shape index (κ3) is 3.54. The molecule has 4 atom stereocenters. The number of rotatable bonds is 5. The maximum Gasteiger partial charge on any atom is 0.416 e. The predicted octanol–water partition coefficient (Wildman–Crippen LogP) is 4.68. The second-order valence-corrected chi connectivity index (χ2v) is 9.66. The molecule has 0 bridgehead atoms. The van der Waals surface area contributed by atoms with Crippen LogP contribution in [0.5, 0.6) is 0 Å². The number of amides is 2. The number of nitrogens with two attached hydrogens (primary N) is 1. The second kappa shape index (κ2) is 7.63. The summed E-state index contributed by atoms with van der Waals surface area (Å²) >= 11 is 5.73. The number of hydrogen-bond acceptors (Lipinski definition) is 3. The largest absolute Gasteiger partial charge is 0.416 e. The molecule has 3 aliphatic rings. The minimum atomic E-state index is -4.70. The molecule has 11 heteroatoms. The molecule has 1 saturated heterocycles. The van der Waals surface area contributed by atoms with Crippen molar-refractivity contribution < 1.29 is 31.5 Å². The number of pyridine rings is 1. The highest BCUT2D eigenvalue weighted by molar-refractivity contribution is 6.30. The van der Waals surface area contributed by atoms with Crippen molar-refractivity contribution in [2.75, 3.05) is 0 Å². The zero-order valence-electron chi connectivity index (χ0n) is 17.6. The molecule has 180 valence electrons. The number of piperidine rings is 1. The number of carbonyl (C=O) groups excluding carboxylic acids is 2. The Bertz CT molecular complexity index is 1200. The monoisotopic (exact) mass is 499 g/mol. The van der Waals surface area contributed by atoms with Crippen LogP contribution >= 0.6 is 11.6 Å². The van der Waals surface area contributed by atoms with Gasteiger partial charge in [-0.05, 0) is 67.3 Å². The third-order valence-corrected chi connectivity index (χ3v) is 7.54. The molecule has 1 aliphatic heterocycles. The van der Waals surface area contributed by atoms with E-state index in [4.69, 9.17) is 17.3 Å². The van der Waals surface area contributed by atoms with Crippen LogP contribution in [0.1, 0.15) is 53.2 Å². The topological polar surface area (TPSA) is 76.3 Å². The van der Waals surface area contributed by atoms with E-state index in [1.807, 2.05) is 0 Å². The Morgan fingerprint density at radius 2 is 1.88 bits per heavy atom. The van der Waals surface area contributed by atoms with Gasteiger partial charge in [-0.25, -0.2) is 8.78 Å². The van der Waals surface area contributed by atoms with Crippen LogP contribution in [0.2, 0.25) is 5.02 Å². The predicted molar refractivity (Wildman–Crippen MR) is 111 cm³/mol. The number of likely N-dealkylation sites (tertiary alicyclic amines) is 1. The van der Waals surface area contributed by atoms with Crippen molar-refractivity contribution in [3.63, 3.8) is 0 Å². The molecule has 34 heavy (non-hydrogen) atoms. The summed E-state index contributed by atoms with van der Waals surface area (Å²) in [5.41, 5.74) is 2.97. The van der Waals surface area contributed by atoms with Crippen LogP contribution in [-0.4, -0.2) is 33.3 Å². The number of hydrogen-bond donors (Lipinski definition) is 1. The maximum absolute atomic E-state index is 15.0. The minimum Gasteiger partial charge on any atom is -0.368 e. The molecule has 2 saturated carbocycles. The summed E-state index contributed by atoms with van der Waals surface area (Å²) in [6.07, 6.45) is -1.84. The summed E-state index contributed by atoms with van der Waals surface area (Å²) in [4.78, 5) is 30.8. The van der Waals surface area contributed by atoms with Crippen LogP contribution < -0.4 is 5.73 Å². The summed E-state index contributed by atoms with van der Waals surface area (Å²) in [6.45, 7) is 0. The molecule has 0 radical (unpaired) electrons. The number of primary amides is 1. The first-order chi connectivity index (χ1) is 15.9. The molecular weight excluding hydrogens is 481 g/mol. The first-order valence-corrected chi connectivity index (χ1v) is 11.1. The van der Waals surface area contributed by atoms with Crippen molar-refractivity contribution in [2.24, 2.45) is 17.6 Å². The smallest absolute Gasteiger partial charge is 0.368 e. The van der Waals surface area contributed by atoms with Crippen molar-refractivity contribution in [1.82, 2.24) is 9.88 Å². The quantitative estimate of drug-likeness (QED) is 0.479.